The number of nitrogens with zero attached hydrogens (tertiary/aromatic N) is 1. The number of rotatable bonds is 5. The standard InChI is InChI=1S/C15H24N2O3S/c1-10(2)12(4)16-15(18)13-8-7-9-14(11(13)3)17(5)21(6,19)20/h7-10,12H,1-6H3,(H,16,18)/t12-/m1/s1. The molecule has 1 aromatic rings. The van der Waals surface area contributed by atoms with E-state index in [9.17, 15) is 13.2 Å². The van der Waals surface area contributed by atoms with Crippen molar-refractivity contribution < 1.29 is 13.2 Å². The number of anilines is 1. The zero-order valence-corrected chi connectivity index (χ0v) is 14.3. The quantitative estimate of drug-likeness (QED) is 0.906. The second-order valence-electron chi connectivity index (χ2n) is 5.69. The van der Waals surface area contributed by atoms with Gasteiger partial charge in [-0.1, -0.05) is 19.9 Å². The van der Waals surface area contributed by atoms with Crippen LogP contribution in [0.2, 0.25) is 0 Å². The number of sulfonamides is 1. The van der Waals surface area contributed by atoms with E-state index in [0.29, 0.717) is 22.7 Å². The van der Waals surface area contributed by atoms with Crippen molar-refractivity contribution in [2.75, 3.05) is 17.6 Å². The van der Waals surface area contributed by atoms with Crippen LogP contribution in [0.5, 0.6) is 0 Å². The lowest BCUT2D eigenvalue weighted by Gasteiger charge is -2.22. The molecule has 0 aliphatic heterocycles. The Labute approximate surface area is 127 Å². The molecule has 5 nitrogen and oxygen atoms in total. The summed E-state index contributed by atoms with van der Waals surface area (Å²) in [7, 11) is -1.87. The second-order valence-corrected chi connectivity index (χ2v) is 7.70. The van der Waals surface area contributed by atoms with E-state index in [1.807, 2.05) is 20.8 Å². The van der Waals surface area contributed by atoms with Gasteiger partial charge in [0.15, 0.2) is 0 Å². The lowest BCUT2D eigenvalue weighted by Crippen LogP contribution is -2.36. The fraction of sp³-hybridized carbons (Fsp3) is 0.533. The van der Waals surface area contributed by atoms with Gasteiger partial charge in [0.25, 0.3) is 5.91 Å². The van der Waals surface area contributed by atoms with Crippen LogP contribution in [-0.4, -0.2) is 33.7 Å². The van der Waals surface area contributed by atoms with E-state index in [2.05, 4.69) is 5.32 Å². The zero-order chi connectivity index (χ0) is 16.4. The largest absolute Gasteiger partial charge is 0.349 e. The van der Waals surface area contributed by atoms with Crippen LogP contribution in [0, 0.1) is 12.8 Å². The highest BCUT2D eigenvalue weighted by Crippen LogP contribution is 2.24. The smallest absolute Gasteiger partial charge is 0.251 e. The number of benzene rings is 1. The summed E-state index contributed by atoms with van der Waals surface area (Å²) in [5, 5.41) is 2.93. The van der Waals surface area contributed by atoms with Gasteiger partial charge in [0.1, 0.15) is 0 Å². The van der Waals surface area contributed by atoms with Gasteiger partial charge in [0.05, 0.1) is 11.9 Å². The van der Waals surface area contributed by atoms with E-state index in [0.717, 1.165) is 6.26 Å². The Bertz CT molecular complexity index is 624. The molecule has 0 aliphatic rings. The molecule has 0 radical (unpaired) electrons. The summed E-state index contributed by atoms with van der Waals surface area (Å²) < 4.78 is 24.5. The van der Waals surface area contributed by atoms with Gasteiger partial charge in [-0.15, -0.1) is 0 Å². The van der Waals surface area contributed by atoms with Crippen LogP contribution in [0.3, 0.4) is 0 Å². The first-order valence-corrected chi connectivity index (χ1v) is 8.75. The van der Waals surface area contributed by atoms with Gasteiger partial charge in [-0.3, -0.25) is 9.10 Å². The first-order valence-electron chi connectivity index (χ1n) is 6.90. The molecule has 1 N–H and O–H groups in total. The van der Waals surface area contributed by atoms with Crippen molar-refractivity contribution in [2.24, 2.45) is 5.92 Å². The van der Waals surface area contributed by atoms with Gasteiger partial charge >= 0.3 is 0 Å². The summed E-state index contributed by atoms with van der Waals surface area (Å²) in [5.41, 5.74) is 1.66. The van der Waals surface area contributed by atoms with Crippen LogP contribution in [0.1, 0.15) is 36.7 Å². The molecular formula is C15H24N2O3S. The maximum absolute atomic E-state index is 12.3. The van der Waals surface area contributed by atoms with Gasteiger partial charge in [0.2, 0.25) is 10.0 Å². The molecule has 0 fully saturated rings. The third-order valence-corrected chi connectivity index (χ3v) is 4.94. The van der Waals surface area contributed by atoms with Crippen molar-refractivity contribution in [1.29, 1.82) is 0 Å². The van der Waals surface area contributed by atoms with Crippen LogP contribution in [-0.2, 0) is 10.0 Å². The number of carbonyl (C=O) groups is 1. The number of nitrogens with one attached hydrogen (secondary N) is 1. The predicted octanol–water partition coefficient (Wildman–Crippen LogP) is 2.17. The Kier molecular flexibility index (Phi) is 5.39. The van der Waals surface area contributed by atoms with Crippen LogP contribution in [0.15, 0.2) is 18.2 Å². The minimum absolute atomic E-state index is 0.0493. The monoisotopic (exact) mass is 312 g/mol. The van der Waals surface area contributed by atoms with E-state index < -0.39 is 10.0 Å². The molecule has 0 saturated carbocycles. The molecular weight excluding hydrogens is 288 g/mol. The molecule has 1 amide bonds. The van der Waals surface area contributed by atoms with Crippen molar-refractivity contribution in [1.82, 2.24) is 5.32 Å². The number of amides is 1. The molecule has 118 valence electrons. The number of hydrogen-bond donors (Lipinski definition) is 1. The first kappa shape index (κ1) is 17.5. The molecule has 0 saturated heterocycles. The maximum Gasteiger partial charge on any atom is 0.251 e. The summed E-state index contributed by atoms with van der Waals surface area (Å²) in [6.45, 7) is 7.77. The fourth-order valence-corrected chi connectivity index (χ4v) is 2.40. The summed E-state index contributed by atoms with van der Waals surface area (Å²) in [6, 6.07) is 5.14. The van der Waals surface area contributed by atoms with Crippen molar-refractivity contribution in [3.8, 4) is 0 Å². The molecule has 0 heterocycles. The van der Waals surface area contributed by atoms with Gasteiger partial charge in [-0.05, 0) is 37.5 Å². The highest BCUT2D eigenvalue weighted by molar-refractivity contribution is 7.92. The van der Waals surface area contributed by atoms with E-state index in [4.69, 9.17) is 0 Å². The summed E-state index contributed by atoms with van der Waals surface area (Å²) in [6.07, 6.45) is 1.14. The van der Waals surface area contributed by atoms with Crippen LogP contribution in [0.4, 0.5) is 5.69 Å². The lowest BCUT2D eigenvalue weighted by molar-refractivity contribution is 0.0930. The minimum atomic E-state index is -3.36. The Hall–Kier alpha value is -1.56. The van der Waals surface area contributed by atoms with Crippen LogP contribution in [0.25, 0.3) is 0 Å². The Morgan fingerprint density at radius 3 is 2.29 bits per heavy atom. The lowest BCUT2D eigenvalue weighted by atomic mass is 10.0. The van der Waals surface area contributed by atoms with E-state index in [1.54, 1.807) is 25.1 Å². The van der Waals surface area contributed by atoms with Crippen molar-refractivity contribution in [3.63, 3.8) is 0 Å². The normalized spacial score (nSPS) is 13.1. The summed E-state index contributed by atoms with van der Waals surface area (Å²) in [5.74, 6) is 0.147. The van der Waals surface area contributed by atoms with E-state index >= 15 is 0 Å². The van der Waals surface area contributed by atoms with Crippen molar-refractivity contribution in [2.45, 2.75) is 33.7 Å². The third-order valence-electron chi connectivity index (χ3n) is 3.75. The van der Waals surface area contributed by atoms with E-state index in [-0.39, 0.29) is 11.9 Å². The number of hydrogen-bond acceptors (Lipinski definition) is 3. The molecule has 0 spiro atoms. The first-order chi connectivity index (χ1) is 9.55. The molecule has 21 heavy (non-hydrogen) atoms. The highest BCUT2D eigenvalue weighted by Gasteiger charge is 2.19. The van der Waals surface area contributed by atoms with Gasteiger partial charge < -0.3 is 5.32 Å². The predicted molar refractivity (Wildman–Crippen MR) is 86.2 cm³/mol. The second kappa shape index (κ2) is 6.47. The van der Waals surface area contributed by atoms with E-state index in [1.165, 1.54) is 11.4 Å². The minimum Gasteiger partial charge on any atom is -0.349 e. The highest BCUT2D eigenvalue weighted by atomic mass is 32.2. The topological polar surface area (TPSA) is 66.5 Å². The van der Waals surface area contributed by atoms with Gasteiger partial charge in [-0.2, -0.15) is 0 Å². The van der Waals surface area contributed by atoms with Crippen molar-refractivity contribution in [3.05, 3.63) is 29.3 Å². The van der Waals surface area contributed by atoms with Crippen molar-refractivity contribution >= 4 is 21.6 Å². The fourth-order valence-electron chi connectivity index (χ4n) is 1.84. The maximum atomic E-state index is 12.3. The summed E-state index contributed by atoms with van der Waals surface area (Å²) in [4.78, 5) is 12.3. The molecule has 1 rings (SSSR count). The average Bonchev–Trinajstić information content (AvgIpc) is 2.36. The van der Waals surface area contributed by atoms with Crippen LogP contribution < -0.4 is 9.62 Å². The molecule has 0 bridgehead atoms. The molecule has 0 aliphatic carbocycles. The average molecular weight is 312 g/mol. The molecule has 1 aromatic carbocycles. The number of carbonyl (C=O) groups excluding carboxylic acids is 1. The third kappa shape index (κ3) is 4.20. The zero-order valence-electron chi connectivity index (χ0n) is 13.5. The Morgan fingerprint density at radius 2 is 1.81 bits per heavy atom. The molecule has 0 aromatic heterocycles. The van der Waals surface area contributed by atoms with Gasteiger partial charge in [-0.25, -0.2) is 8.42 Å². The molecule has 1 atom stereocenters. The Balaban J connectivity index is 3.15. The molecule has 6 heteroatoms. The summed E-state index contributed by atoms with van der Waals surface area (Å²) >= 11 is 0. The van der Waals surface area contributed by atoms with Crippen LogP contribution >= 0.6 is 0 Å². The Morgan fingerprint density at radius 1 is 1.24 bits per heavy atom. The SMILES string of the molecule is Cc1c(C(=O)N[C@H](C)C(C)C)cccc1N(C)S(C)(=O)=O. The van der Waals surface area contributed by atoms with Gasteiger partial charge in [0, 0.05) is 18.7 Å². The molecule has 0 unspecified atom stereocenters.